The summed E-state index contributed by atoms with van der Waals surface area (Å²) in [4.78, 5) is 36.8. The van der Waals surface area contributed by atoms with Crippen molar-refractivity contribution >= 4 is 21.8 Å². The van der Waals surface area contributed by atoms with Crippen LogP contribution in [0.4, 0.5) is 0 Å². The van der Waals surface area contributed by atoms with E-state index >= 15 is 0 Å². The van der Waals surface area contributed by atoms with E-state index in [9.17, 15) is 14.4 Å². The lowest BCUT2D eigenvalue weighted by atomic mass is 10.2. The molecule has 0 spiro atoms. The maximum Gasteiger partial charge on any atom is 0.344 e. The zero-order valence-electron chi connectivity index (χ0n) is 11.5. The second kappa shape index (κ2) is 5.84. The monoisotopic (exact) mass is 368 g/mol. The van der Waals surface area contributed by atoms with Crippen molar-refractivity contribution in [2.24, 2.45) is 0 Å². The second-order valence-electron chi connectivity index (χ2n) is 4.86. The van der Waals surface area contributed by atoms with E-state index in [1.54, 1.807) is 4.90 Å². The van der Waals surface area contributed by atoms with E-state index in [4.69, 9.17) is 4.74 Å². The van der Waals surface area contributed by atoms with Crippen molar-refractivity contribution in [3.05, 3.63) is 49.2 Å². The molecule has 2 N–H and O–H groups in total. The van der Waals surface area contributed by atoms with Crippen LogP contribution < -0.4 is 16.1 Å². The van der Waals surface area contributed by atoms with Crippen LogP contribution in [-0.4, -0.2) is 38.7 Å². The molecule has 9 heteroatoms. The first kappa shape index (κ1) is 14.6. The van der Waals surface area contributed by atoms with Gasteiger partial charge in [-0.25, -0.2) is 24.4 Å². The average molecular weight is 369 g/mol. The molecular formula is C13H13BrN4O4. The maximum atomic E-state index is 12.3. The van der Waals surface area contributed by atoms with Gasteiger partial charge < -0.3 is 9.64 Å². The number of halogens is 1. The van der Waals surface area contributed by atoms with Crippen LogP contribution in [0.2, 0.25) is 0 Å². The number of benzene rings is 1. The van der Waals surface area contributed by atoms with E-state index in [1.807, 2.05) is 18.2 Å². The van der Waals surface area contributed by atoms with Crippen LogP contribution >= 0.6 is 15.9 Å². The van der Waals surface area contributed by atoms with Crippen molar-refractivity contribution < 1.29 is 9.53 Å². The molecule has 0 saturated carbocycles. The van der Waals surface area contributed by atoms with Gasteiger partial charge in [-0.15, -0.1) is 0 Å². The van der Waals surface area contributed by atoms with E-state index in [-0.39, 0.29) is 12.5 Å². The predicted octanol–water partition coefficient (Wildman–Crippen LogP) is 0.0484. The highest BCUT2D eigenvalue weighted by Gasteiger charge is 2.21. The van der Waals surface area contributed by atoms with Crippen LogP contribution in [0.1, 0.15) is 5.56 Å². The van der Waals surface area contributed by atoms with Crippen molar-refractivity contribution in [3.63, 3.8) is 0 Å². The number of carbonyl (C=O) groups excluding carboxylic acids is 1. The molecule has 22 heavy (non-hydrogen) atoms. The molecule has 0 saturated heterocycles. The third kappa shape index (κ3) is 2.84. The molecule has 116 valence electrons. The number of rotatable bonds is 2. The molecule has 0 fully saturated rings. The van der Waals surface area contributed by atoms with Crippen LogP contribution in [0.5, 0.6) is 5.75 Å². The summed E-state index contributed by atoms with van der Waals surface area (Å²) in [5.74, 6) is 0.410. The van der Waals surface area contributed by atoms with Crippen LogP contribution in [0.15, 0.2) is 32.3 Å². The minimum Gasteiger partial charge on any atom is -0.491 e. The zero-order chi connectivity index (χ0) is 15.7. The van der Waals surface area contributed by atoms with Gasteiger partial charge in [0.25, 0.3) is 0 Å². The Morgan fingerprint density at radius 1 is 1.27 bits per heavy atom. The number of ether oxygens (including phenoxy) is 1. The lowest BCUT2D eigenvalue weighted by Crippen LogP contribution is -2.39. The molecule has 1 aliphatic rings. The van der Waals surface area contributed by atoms with Gasteiger partial charge in [0.05, 0.1) is 6.54 Å². The number of nitrogens with zero attached hydrogens (tertiary/aromatic N) is 2. The Morgan fingerprint density at radius 2 is 2.00 bits per heavy atom. The largest absolute Gasteiger partial charge is 0.491 e. The first-order valence-electron chi connectivity index (χ1n) is 6.61. The minimum atomic E-state index is -0.631. The number of aromatic nitrogens is 3. The van der Waals surface area contributed by atoms with E-state index < -0.39 is 11.4 Å². The Bertz CT molecular complexity index is 794. The van der Waals surface area contributed by atoms with Crippen LogP contribution in [-0.2, 0) is 17.9 Å². The Hall–Kier alpha value is -2.29. The molecule has 0 radical (unpaired) electrons. The minimum absolute atomic E-state index is 0.302. The van der Waals surface area contributed by atoms with Crippen LogP contribution in [0.25, 0.3) is 0 Å². The molecule has 2 aromatic rings. The summed E-state index contributed by atoms with van der Waals surface area (Å²) < 4.78 is 7.36. The van der Waals surface area contributed by atoms with Gasteiger partial charge in [-0.1, -0.05) is 22.0 Å². The number of amides is 1. The summed E-state index contributed by atoms with van der Waals surface area (Å²) >= 11 is 3.38. The molecule has 2 heterocycles. The molecule has 0 bridgehead atoms. The fourth-order valence-electron chi connectivity index (χ4n) is 2.27. The van der Waals surface area contributed by atoms with Crippen molar-refractivity contribution in [2.45, 2.75) is 13.1 Å². The number of H-pyrrole nitrogens is 2. The van der Waals surface area contributed by atoms with E-state index in [0.717, 1.165) is 20.4 Å². The summed E-state index contributed by atoms with van der Waals surface area (Å²) in [6.45, 7) is 0.817. The zero-order valence-corrected chi connectivity index (χ0v) is 13.1. The molecule has 1 aromatic carbocycles. The highest BCUT2D eigenvalue weighted by Crippen LogP contribution is 2.26. The third-order valence-corrected chi connectivity index (χ3v) is 3.92. The fourth-order valence-corrected chi connectivity index (χ4v) is 2.61. The number of fused-ring (bicyclic) bond motifs is 1. The molecule has 0 aliphatic carbocycles. The molecule has 3 rings (SSSR count). The van der Waals surface area contributed by atoms with Gasteiger partial charge in [0.2, 0.25) is 5.91 Å². The molecule has 0 unspecified atom stereocenters. The van der Waals surface area contributed by atoms with Gasteiger partial charge in [0.1, 0.15) is 18.9 Å². The topological polar surface area (TPSA) is 100 Å². The normalized spacial score (nSPS) is 14.1. The van der Waals surface area contributed by atoms with Gasteiger partial charge in [-0.05, 0) is 12.1 Å². The molecular weight excluding hydrogens is 356 g/mol. The summed E-state index contributed by atoms with van der Waals surface area (Å²) in [6.07, 6.45) is 0. The Balaban J connectivity index is 1.80. The third-order valence-electron chi connectivity index (χ3n) is 3.42. The Labute approximate surface area is 132 Å². The number of hydrogen-bond donors (Lipinski definition) is 2. The molecule has 0 atom stereocenters. The first-order chi connectivity index (χ1) is 10.5. The lowest BCUT2D eigenvalue weighted by molar-refractivity contribution is -0.132. The van der Waals surface area contributed by atoms with Crippen LogP contribution in [0.3, 0.4) is 0 Å². The van der Waals surface area contributed by atoms with E-state index in [2.05, 4.69) is 26.1 Å². The van der Waals surface area contributed by atoms with Crippen molar-refractivity contribution in [2.75, 3.05) is 13.2 Å². The smallest absolute Gasteiger partial charge is 0.344 e. The standard InChI is InChI=1S/C13H13BrN4O4/c14-9-2-1-8-6-17(3-4-22-10(8)5-9)11(19)7-18-12(20)15-16-13(18)21/h1-2,5H,3-4,6-7H2,(H,15,20)(H,16,21). The SMILES string of the molecule is O=C(Cn1c(=O)[nH][nH]c1=O)N1CCOc2cc(Br)ccc2C1. The quantitative estimate of drug-likeness (QED) is 0.781. The lowest BCUT2D eigenvalue weighted by Gasteiger charge is -2.19. The van der Waals surface area contributed by atoms with E-state index in [1.165, 1.54) is 0 Å². The van der Waals surface area contributed by atoms with Crippen molar-refractivity contribution in [1.29, 1.82) is 0 Å². The van der Waals surface area contributed by atoms with Gasteiger partial charge in [0.15, 0.2) is 0 Å². The second-order valence-corrected chi connectivity index (χ2v) is 5.78. The van der Waals surface area contributed by atoms with Gasteiger partial charge in [-0.3, -0.25) is 4.79 Å². The highest BCUT2D eigenvalue weighted by atomic mass is 79.9. The molecule has 8 nitrogen and oxygen atoms in total. The fraction of sp³-hybridized carbons (Fsp3) is 0.308. The highest BCUT2D eigenvalue weighted by molar-refractivity contribution is 9.10. The van der Waals surface area contributed by atoms with E-state index in [0.29, 0.717) is 19.7 Å². The molecule has 1 aromatic heterocycles. The van der Waals surface area contributed by atoms with Crippen LogP contribution in [0, 0.1) is 0 Å². The van der Waals surface area contributed by atoms with Gasteiger partial charge in [0, 0.05) is 16.6 Å². The summed E-state index contributed by atoms with van der Waals surface area (Å²) in [6, 6.07) is 5.60. The molecule has 1 aliphatic heterocycles. The molecule has 1 amide bonds. The van der Waals surface area contributed by atoms with Crippen molar-refractivity contribution in [1.82, 2.24) is 19.7 Å². The number of aromatic amines is 2. The summed E-state index contributed by atoms with van der Waals surface area (Å²) in [5, 5.41) is 4.30. The van der Waals surface area contributed by atoms with Gasteiger partial charge in [-0.2, -0.15) is 0 Å². The Kier molecular flexibility index (Phi) is 3.88. The number of hydrogen-bond acceptors (Lipinski definition) is 4. The average Bonchev–Trinajstić information content (AvgIpc) is 2.71. The van der Waals surface area contributed by atoms with Gasteiger partial charge >= 0.3 is 11.4 Å². The Morgan fingerprint density at radius 3 is 2.73 bits per heavy atom. The summed E-state index contributed by atoms with van der Waals surface area (Å²) in [7, 11) is 0. The number of carbonyl (C=O) groups is 1. The summed E-state index contributed by atoms with van der Waals surface area (Å²) in [5.41, 5.74) is -0.383. The number of nitrogens with one attached hydrogen (secondary N) is 2. The van der Waals surface area contributed by atoms with Crippen molar-refractivity contribution in [3.8, 4) is 5.75 Å². The predicted molar refractivity (Wildman–Crippen MR) is 80.7 cm³/mol. The first-order valence-corrected chi connectivity index (χ1v) is 7.40. The maximum absolute atomic E-state index is 12.3.